The number of benzene rings is 1. The summed E-state index contributed by atoms with van der Waals surface area (Å²) in [6.45, 7) is 7.36. The van der Waals surface area contributed by atoms with Gasteiger partial charge in [-0.2, -0.15) is 0 Å². The molecule has 21 heavy (non-hydrogen) atoms. The van der Waals surface area contributed by atoms with E-state index in [1.807, 2.05) is 6.07 Å². The van der Waals surface area contributed by atoms with E-state index in [0.717, 1.165) is 6.42 Å². The summed E-state index contributed by atoms with van der Waals surface area (Å²) in [5.41, 5.74) is 6.93. The summed E-state index contributed by atoms with van der Waals surface area (Å²) in [5, 5.41) is 0. The van der Waals surface area contributed by atoms with Gasteiger partial charge in [0.15, 0.2) is 0 Å². The van der Waals surface area contributed by atoms with E-state index in [1.165, 1.54) is 18.9 Å². The Morgan fingerprint density at radius 3 is 2.57 bits per heavy atom. The molecular weight excluding hydrogens is 265 g/mol. The topological polar surface area (TPSA) is 35.2 Å². The van der Waals surface area contributed by atoms with Gasteiger partial charge in [-0.25, -0.2) is 4.39 Å². The summed E-state index contributed by atoms with van der Waals surface area (Å²) in [6, 6.07) is 6.81. The second-order valence-electron chi connectivity index (χ2n) is 7.48. The van der Waals surface area contributed by atoms with Gasteiger partial charge < -0.3 is 10.5 Å². The van der Waals surface area contributed by atoms with Crippen molar-refractivity contribution in [2.75, 3.05) is 6.54 Å². The number of hydrogen-bond donors (Lipinski definition) is 1. The molecule has 0 radical (unpaired) electrons. The molecule has 0 aliphatic heterocycles. The van der Waals surface area contributed by atoms with E-state index in [9.17, 15) is 4.39 Å². The summed E-state index contributed by atoms with van der Waals surface area (Å²) in [5.74, 6) is 0.493. The van der Waals surface area contributed by atoms with Crippen molar-refractivity contribution in [2.24, 2.45) is 22.5 Å². The second-order valence-corrected chi connectivity index (χ2v) is 7.48. The van der Waals surface area contributed by atoms with Crippen LogP contribution in [0.3, 0.4) is 0 Å². The lowest BCUT2D eigenvalue weighted by atomic mass is 9.70. The third kappa shape index (κ3) is 2.13. The molecule has 116 valence electrons. The second kappa shape index (κ2) is 5.06. The monoisotopic (exact) mass is 291 g/mol. The van der Waals surface area contributed by atoms with Gasteiger partial charge in [0, 0.05) is 12.1 Å². The Kier molecular flexibility index (Phi) is 3.61. The molecular formula is C18H26FNO. The number of halogens is 1. The van der Waals surface area contributed by atoms with Crippen LogP contribution >= 0.6 is 0 Å². The van der Waals surface area contributed by atoms with E-state index in [2.05, 4.69) is 20.8 Å². The number of nitrogens with two attached hydrogens (primary N) is 1. The van der Waals surface area contributed by atoms with Crippen LogP contribution in [-0.2, 0) is 4.74 Å². The minimum atomic E-state index is -0.344. The van der Waals surface area contributed by atoms with Crippen LogP contribution < -0.4 is 5.73 Å². The van der Waals surface area contributed by atoms with Crippen LogP contribution in [0.1, 0.15) is 51.7 Å². The van der Waals surface area contributed by atoms with Gasteiger partial charge in [-0.15, -0.1) is 0 Å². The first-order chi connectivity index (χ1) is 9.90. The first kappa shape index (κ1) is 15.0. The van der Waals surface area contributed by atoms with E-state index in [-0.39, 0.29) is 23.4 Å². The van der Waals surface area contributed by atoms with Gasteiger partial charge in [0.25, 0.3) is 0 Å². The first-order valence-electron chi connectivity index (χ1n) is 8.00. The highest BCUT2D eigenvalue weighted by molar-refractivity contribution is 5.21. The maximum atomic E-state index is 14.0. The quantitative estimate of drug-likeness (QED) is 0.908. The van der Waals surface area contributed by atoms with Crippen molar-refractivity contribution in [2.45, 2.75) is 52.2 Å². The van der Waals surface area contributed by atoms with Crippen LogP contribution in [0.25, 0.3) is 0 Å². The Hall–Kier alpha value is -0.930. The molecule has 2 fully saturated rings. The fourth-order valence-electron chi connectivity index (χ4n) is 4.53. The molecule has 2 bridgehead atoms. The molecule has 2 aliphatic carbocycles. The Morgan fingerprint density at radius 2 is 2.05 bits per heavy atom. The van der Waals surface area contributed by atoms with Crippen LogP contribution in [-0.4, -0.2) is 12.6 Å². The van der Waals surface area contributed by atoms with Crippen LogP contribution in [0, 0.1) is 22.6 Å². The van der Waals surface area contributed by atoms with Gasteiger partial charge in [0.1, 0.15) is 5.82 Å². The van der Waals surface area contributed by atoms with Crippen LogP contribution in [0.2, 0.25) is 0 Å². The average Bonchev–Trinajstić information content (AvgIpc) is 2.78. The minimum absolute atomic E-state index is 0.177. The molecule has 1 aromatic rings. The number of ether oxygens (including phenoxy) is 1. The molecule has 2 saturated carbocycles. The summed E-state index contributed by atoms with van der Waals surface area (Å²) in [7, 11) is 0. The zero-order valence-corrected chi connectivity index (χ0v) is 13.2. The Balaban J connectivity index is 1.82. The molecule has 2 aliphatic rings. The summed E-state index contributed by atoms with van der Waals surface area (Å²) < 4.78 is 20.3. The van der Waals surface area contributed by atoms with Crippen molar-refractivity contribution in [3.8, 4) is 0 Å². The van der Waals surface area contributed by atoms with Crippen molar-refractivity contribution in [3.05, 3.63) is 35.6 Å². The zero-order chi connectivity index (χ0) is 15.3. The van der Waals surface area contributed by atoms with Crippen molar-refractivity contribution in [1.29, 1.82) is 0 Å². The SMILES string of the molecule is CC1(C)C2CCC1(C)C(OC(CN)c1ccccc1F)C2. The maximum Gasteiger partial charge on any atom is 0.129 e. The molecule has 2 N–H and O–H groups in total. The summed E-state index contributed by atoms with van der Waals surface area (Å²) in [6.07, 6.45) is 3.40. The molecule has 1 aromatic carbocycles. The lowest BCUT2D eigenvalue weighted by Crippen LogP contribution is -2.38. The number of rotatable bonds is 4. The number of fused-ring (bicyclic) bond motifs is 2. The van der Waals surface area contributed by atoms with E-state index in [0.29, 0.717) is 23.4 Å². The lowest BCUT2D eigenvalue weighted by molar-refractivity contribution is -0.0858. The fraction of sp³-hybridized carbons (Fsp3) is 0.667. The molecule has 4 unspecified atom stereocenters. The molecule has 0 heterocycles. The molecule has 0 amide bonds. The standard InChI is InChI=1S/C18H26FNO/c1-17(2)12-8-9-18(17,3)16(10-12)21-15(11-20)13-6-4-5-7-14(13)19/h4-7,12,15-16H,8-11,20H2,1-3H3. The van der Waals surface area contributed by atoms with Gasteiger partial charge >= 0.3 is 0 Å². The molecule has 3 heteroatoms. The normalized spacial score (nSPS) is 35.1. The average molecular weight is 291 g/mol. The van der Waals surface area contributed by atoms with E-state index in [1.54, 1.807) is 12.1 Å². The highest BCUT2D eigenvalue weighted by Gasteiger charge is 2.62. The third-order valence-electron chi connectivity index (χ3n) is 6.51. The maximum absolute atomic E-state index is 14.0. The van der Waals surface area contributed by atoms with Gasteiger partial charge in [-0.3, -0.25) is 0 Å². The largest absolute Gasteiger partial charge is 0.368 e. The molecule has 0 aromatic heterocycles. The van der Waals surface area contributed by atoms with Gasteiger partial charge in [0.2, 0.25) is 0 Å². The summed E-state index contributed by atoms with van der Waals surface area (Å²) >= 11 is 0. The van der Waals surface area contributed by atoms with Crippen molar-refractivity contribution < 1.29 is 9.13 Å². The minimum Gasteiger partial charge on any atom is -0.368 e. The fourth-order valence-corrected chi connectivity index (χ4v) is 4.53. The van der Waals surface area contributed by atoms with Crippen LogP contribution in [0.15, 0.2) is 24.3 Å². The van der Waals surface area contributed by atoms with Crippen molar-refractivity contribution in [3.63, 3.8) is 0 Å². The Labute approximate surface area is 126 Å². The molecule has 4 atom stereocenters. The zero-order valence-electron chi connectivity index (χ0n) is 13.2. The Morgan fingerprint density at radius 1 is 1.33 bits per heavy atom. The van der Waals surface area contributed by atoms with Crippen molar-refractivity contribution in [1.82, 2.24) is 0 Å². The lowest BCUT2D eigenvalue weighted by Gasteiger charge is -2.40. The van der Waals surface area contributed by atoms with E-state index in [4.69, 9.17) is 10.5 Å². The van der Waals surface area contributed by atoms with E-state index >= 15 is 0 Å². The predicted octanol–water partition coefficient (Wildman–Crippen LogP) is 4.06. The molecule has 0 spiro atoms. The molecule has 2 nitrogen and oxygen atoms in total. The van der Waals surface area contributed by atoms with Crippen molar-refractivity contribution >= 4 is 0 Å². The van der Waals surface area contributed by atoms with E-state index < -0.39 is 0 Å². The smallest absolute Gasteiger partial charge is 0.129 e. The third-order valence-corrected chi connectivity index (χ3v) is 6.51. The first-order valence-corrected chi connectivity index (χ1v) is 8.00. The predicted molar refractivity (Wildman–Crippen MR) is 82.3 cm³/mol. The van der Waals surface area contributed by atoms with Crippen LogP contribution in [0.4, 0.5) is 4.39 Å². The summed E-state index contributed by atoms with van der Waals surface area (Å²) in [4.78, 5) is 0. The highest BCUT2D eigenvalue weighted by atomic mass is 19.1. The molecule has 0 saturated heterocycles. The number of hydrogen-bond acceptors (Lipinski definition) is 2. The van der Waals surface area contributed by atoms with Gasteiger partial charge in [0.05, 0.1) is 12.2 Å². The van der Waals surface area contributed by atoms with Gasteiger partial charge in [-0.1, -0.05) is 39.0 Å². The highest BCUT2D eigenvalue weighted by Crippen LogP contribution is 2.66. The van der Waals surface area contributed by atoms with Gasteiger partial charge in [-0.05, 0) is 42.1 Å². The van der Waals surface area contributed by atoms with Crippen LogP contribution in [0.5, 0.6) is 0 Å². The Bertz CT molecular complexity index is 530. The molecule has 3 rings (SSSR count).